The second kappa shape index (κ2) is 9.06. The molecular weight excluding hydrogens is 512 g/mol. The van der Waals surface area contributed by atoms with Crippen molar-refractivity contribution >= 4 is 66.4 Å². The molecule has 0 N–H and O–H groups in total. The fraction of sp³-hybridized carbons (Fsp3) is 0.300. The van der Waals surface area contributed by atoms with Gasteiger partial charge in [0.1, 0.15) is 4.83 Å². The molecule has 0 amide bonds. The number of thiazole rings is 1. The van der Waals surface area contributed by atoms with Crippen LogP contribution in [0.25, 0.3) is 15.6 Å². The Morgan fingerprint density at radius 3 is 2.11 bits per heavy atom. The van der Waals surface area contributed by atoms with Crippen molar-refractivity contribution in [1.29, 1.82) is 0 Å². The average Bonchev–Trinajstić information content (AvgIpc) is 3.49. The number of piperidine rings is 1. The highest BCUT2D eigenvalue weighted by molar-refractivity contribution is 7.29. The Morgan fingerprint density at radius 1 is 0.868 bits per heavy atom. The lowest BCUT2D eigenvalue weighted by molar-refractivity contribution is 0.0990. The van der Waals surface area contributed by atoms with Crippen LogP contribution in [0, 0.1) is 0 Å². The molecule has 3 heterocycles. The minimum absolute atomic E-state index is 0.106. The van der Waals surface area contributed by atoms with Gasteiger partial charge in [0.25, 0.3) is 0 Å². The number of ketones is 2. The van der Waals surface area contributed by atoms with E-state index in [0.717, 1.165) is 20.1 Å². The zero-order valence-electron chi connectivity index (χ0n) is 21.8. The van der Waals surface area contributed by atoms with Crippen molar-refractivity contribution in [3.8, 4) is 0 Å². The molecule has 4 aromatic rings. The fourth-order valence-electron chi connectivity index (χ4n) is 5.87. The van der Waals surface area contributed by atoms with Crippen LogP contribution in [0.2, 0.25) is 0 Å². The predicted octanol–water partition coefficient (Wildman–Crippen LogP) is 8.78. The van der Waals surface area contributed by atoms with Gasteiger partial charge in [0, 0.05) is 32.8 Å². The molecule has 8 heteroatoms. The third kappa shape index (κ3) is 4.31. The van der Waals surface area contributed by atoms with Gasteiger partial charge in [0.2, 0.25) is 5.13 Å². The monoisotopic (exact) mass is 540 g/mol. The highest BCUT2D eigenvalue weighted by atomic mass is 32.1. The summed E-state index contributed by atoms with van der Waals surface area (Å²) < 4.78 is 0.955. The lowest BCUT2D eigenvalue weighted by atomic mass is 9.79. The number of carbonyl (C=O) groups is 2. The summed E-state index contributed by atoms with van der Waals surface area (Å²) in [5, 5.41) is 9.36. The number of hydrogen-bond donors (Lipinski definition) is 0. The molecule has 2 aliphatic rings. The molecule has 1 aliphatic heterocycles. The van der Waals surface area contributed by atoms with Gasteiger partial charge in [0.15, 0.2) is 11.6 Å². The maximum atomic E-state index is 12.7. The Bertz CT molecular complexity index is 1560. The van der Waals surface area contributed by atoms with E-state index in [2.05, 4.69) is 59.9 Å². The number of aromatic nitrogens is 1. The SMILES string of the molecule is CC1(C)CCCC(C)(C)N1c1ccc(/N=N/c2nc3sc(C=C4C(=O)c5ccccc5C4=O)cc3s2)cc1. The minimum atomic E-state index is -0.219. The second-order valence-corrected chi connectivity index (χ2v) is 13.2. The number of nitrogens with zero attached hydrogens (tertiary/aromatic N) is 4. The molecule has 38 heavy (non-hydrogen) atoms. The number of thiophene rings is 1. The minimum Gasteiger partial charge on any atom is -0.361 e. The van der Waals surface area contributed by atoms with Gasteiger partial charge >= 0.3 is 0 Å². The van der Waals surface area contributed by atoms with Gasteiger partial charge in [0.05, 0.1) is 16.0 Å². The first-order chi connectivity index (χ1) is 18.1. The van der Waals surface area contributed by atoms with Crippen LogP contribution in [0.3, 0.4) is 0 Å². The molecule has 2 aromatic heterocycles. The van der Waals surface area contributed by atoms with E-state index in [9.17, 15) is 9.59 Å². The standard InChI is InChI=1S/C30H28N4O2S2/c1-29(2)14-7-15-30(3,4)34(29)19-12-10-18(11-13-19)32-33-28-31-27-24(38-28)17-20(37-27)16-23-25(35)21-8-5-6-9-22(21)26(23)36/h5-6,8-13,16-17H,7,14-15H2,1-4H3/b33-32+. The largest absolute Gasteiger partial charge is 0.361 e. The van der Waals surface area contributed by atoms with E-state index in [-0.39, 0.29) is 28.2 Å². The first-order valence-electron chi connectivity index (χ1n) is 12.8. The van der Waals surface area contributed by atoms with Crippen LogP contribution in [0.1, 0.15) is 72.6 Å². The summed E-state index contributed by atoms with van der Waals surface area (Å²) in [7, 11) is 0. The van der Waals surface area contributed by atoms with E-state index in [0.29, 0.717) is 16.3 Å². The van der Waals surface area contributed by atoms with E-state index < -0.39 is 0 Å². The van der Waals surface area contributed by atoms with Crippen LogP contribution in [-0.2, 0) is 0 Å². The molecule has 6 rings (SSSR count). The number of rotatable bonds is 4. The van der Waals surface area contributed by atoms with E-state index in [1.54, 1.807) is 30.3 Å². The zero-order valence-corrected chi connectivity index (χ0v) is 23.4. The van der Waals surface area contributed by atoms with Crippen molar-refractivity contribution in [2.45, 2.75) is 58.0 Å². The molecule has 192 valence electrons. The van der Waals surface area contributed by atoms with Crippen LogP contribution in [0.15, 0.2) is 70.4 Å². The number of Topliss-reactive ketones (excluding diaryl/α,β-unsaturated/α-hetero) is 2. The van der Waals surface area contributed by atoms with Crippen LogP contribution < -0.4 is 4.90 Å². The summed E-state index contributed by atoms with van der Waals surface area (Å²) in [6.07, 6.45) is 5.28. The summed E-state index contributed by atoms with van der Waals surface area (Å²) in [5.41, 5.74) is 3.35. The Morgan fingerprint density at radius 2 is 1.50 bits per heavy atom. The number of carbonyl (C=O) groups excluding carboxylic acids is 2. The second-order valence-electron chi connectivity index (χ2n) is 11.1. The molecule has 0 spiro atoms. The maximum Gasteiger partial charge on any atom is 0.231 e. The van der Waals surface area contributed by atoms with Crippen molar-refractivity contribution in [1.82, 2.24) is 4.98 Å². The highest BCUT2D eigenvalue weighted by Gasteiger charge is 2.41. The van der Waals surface area contributed by atoms with E-state index in [1.165, 1.54) is 47.6 Å². The number of azo groups is 1. The van der Waals surface area contributed by atoms with Crippen molar-refractivity contribution < 1.29 is 9.59 Å². The molecule has 0 saturated carbocycles. The molecule has 1 fully saturated rings. The van der Waals surface area contributed by atoms with Crippen LogP contribution in [0.4, 0.5) is 16.5 Å². The predicted molar refractivity (Wildman–Crippen MR) is 156 cm³/mol. The number of fused-ring (bicyclic) bond motifs is 2. The summed E-state index contributed by atoms with van der Waals surface area (Å²) >= 11 is 2.88. The normalized spacial score (nSPS) is 18.5. The van der Waals surface area contributed by atoms with Crippen LogP contribution in [0.5, 0.6) is 0 Å². The molecule has 0 unspecified atom stereocenters. The quantitative estimate of drug-likeness (QED) is 0.147. The summed E-state index contributed by atoms with van der Waals surface area (Å²) in [6.45, 7) is 9.28. The molecule has 0 atom stereocenters. The van der Waals surface area contributed by atoms with Crippen molar-refractivity contribution in [3.05, 3.63) is 76.2 Å². The molecule has 1 saturated heterocycles. The number of anilines is 1. The van der Waals surface area contributed by atoms with Crippen LogP contribution >= 0.6 is 22.7 Å². The first-order valence-corrected chi connectivity index (χ1v) is 14.4. The van der Waals surface area contributed by atoms with Gasteiger partial charge in [-0.1, -0.05) is 35.6 Å². The summed E-state index contributed by atoms with van der Waals surface area (Å²) in [5.74, 6) is -0.438. The number of allylic oxidation sites excluding steroid dienone is 1. The molecule has 2 aromatic carbocycles. The summed E-state index contributed by atoms with van der Waals surface area (Å²) in [4.78, 5) is 34.2. The Balaban J connectivity index is 1.19. The number of benzene rings is 2. The lowest BCUT2D eigenvalue weighted by Crippen LogP contribution is -2.58. The third-order valence-electron chi connectivity index (χ3n) is 7.44. The molecule has 6 nitrogen and oxygen atoms in total. The van der Waals surface area contributed by atoms with Crippen molar-refractivity contribution in [3.63, 3.8) is 0 Å². The Kier molecular flexibility index (Phi) is 5.92. The molecule has 0 bridgehead atoms. The third-order valence-corrected chi connectivity index (χ3v) is 9.43. The van der Waals surface area contributed by atoms with E-state index >= 15 is 0 Å². The Hall–Kier alpha value is -3.49. The van der Waals surface area contributed by atoms with Crippen molar-refractivity contribution in [2.24, 2.45) is 10.2 Å². The van der Waals surface area contributed by atoms with Crippen LogP contribution in [-0.4, -0.2) is 27.6 Å². The van der Waals surface area contributed by atoms with Crippen molar-refractivity contribution in [2.75, 3.05) is 4.90 Å². The fourth-order valence-corrected chi connectivity index (χ4v) is 7.85. The highest BCUT2D eigenvalue weighted by Crippen LogP contribution is 2.42. The van der Waals surface area contributed by atoms with Gasteiger partial charge in [-0.25, -0.2) is 4.98 Å². The molecule has 1 aliphatic carbocycles. The van der Waals surface area contributed by atoms with E-state index in [4.69, 9.17) is 0 Å². The maximum absolute atomic E-state index is 12.7. The van der Waals surface area contributed by atoms with Gasteiger partial charge < -0.3 is 4.90 Å². The molecule has 0 radical (unpaired) electrons. The zero-order chi connectivity index (χ0) is 26.7. The first kappa shape index (κ1) is 24.8. The van der Waals surface area contributed by atoms with Gasteiger partial charge in [-0.2, -0.15) is 0 Å². The Labute approximate surface area is 229 Å². The average molecular weight is 541 g/mol. The topological polar surface area (TPSA) is 75.0 Å². The lowest BCUT2D eigenvalue weighted by Gasteiger charge is -2.54. The van der Waals surface area contributed by atoms with Gasteiger partial charge in [-0.3, -0.25) is 9.59 Å². The smallest absolute Gasteiger partial charge is 0.231 e. The van der Waals surface area contributed by atoms with Gasteiger partial charge in [-0.05, 0) is 83.4 Å². The van der Waals surface area contributed by atoms with E-state index in [1.807, 2.05) is 18.2 Å². The summed E-state index contributed by atoms with van der Waals surface area (Å²) in [6, 6.07) is 17.2. The number of hydrogen-bond acceptors (Lipinski definition) is 8. The molecular formula is C30H28N4O2S2. The van der Waals surface area contributed by atoms with Gasteiger partial charge in [-0.15, -0.1) is 21.6 Å².